The first-order valence-corrected chi connectivity index (χ1v) is 10.0. The Kier molecular flexibility index (Phi) is 4.42. The van der Waals surface area contributed by atoms with Crippen LogP contribution in [0.2, 0.25) is 0 Å². The monoisotopic (exact) mass is 406 g/mol. The Balaban J connectivity index is 1.53. The molecule has 1 N–H and O–H groups in total. The highest BCUT2D eigenvalue weighted by Crippen LogP contribution is 2.31. The van der Waals surface area contributed by atoms with E-state index in [1.165, 1.54) is 6.07 Å². The van der Waals surface area contributed by atoms with Crippen LogP contribution in [0.15, 0.2) is 30.6 Å². The van der Waals surface area contributed by atoms with Crippen LogP contribution in [0.1, 0.15) is 28.9 Å². The molecule has 0 fully saturated rings. The summed E-state index contributed by atoms with van der Waals surface area (Å²) in [7, 11) is 1.91. The maximum absolute atomic E-state index is 14.6. The lowest BCUT2D eigenvalue weighted by atomic mass is 9.99. The molecule has 0 aliphatic carbocycles. The second-order valence-corrected chi connectivity index (χ2v) is 7.67. The number of rotatable bonds is 4. The van der Waals surface area contributed by atoms with Gasteiger partial charge in [0.05, 0.1) is 29.3 Å². The van der Waals surface area contributed by atoms with Gasteiger partial charge in [0.2, 0.25) is 5.95 Å². The third-order valence-corrected chi connectivity index (χ3v) is 5.47. The van der Waals surface area contributed by atoms with E-state index >= 15 is 0 Å². The molecule has 5 rings (SSSR count). The average molecular weight is 406 g/mol. The van der Waals surface area contributed by atoms with Gasteiger partial charge in [-0.2, -0.15) is 5.10 Å². The van der Waals surface area contributed by atoms with Crippen molar-refractivity contribution >= 4 is 11.6 Å². The Morgan fingerprint density at radius 3 is 2.90 bits per heavy atom. The van der Waals surface area contributed by atoms with Crippen LogP contribution in [0.5, 0.6) is 5.75 Å². The van der Waals surface area contributed by atoms with Crippen molar-refractivity contribution in [2.24, 2.45) is 7.05 Å². The van der Waals surface area contributed by atoms with Crippen LogP contribution in [-0.2, 0) is 20.0 Å². The Bertz CT molecular complexity index is 1260. The molecule has 0 spiro atoms. The number of hydrogen-bond acceptors (Lipinski definition) is 5. The number of fused-ring (bicyclic) bond motifs is 2. The second-order valence-electron chi connectivity index (χ2n) is 7.67. The minimum absolute atomic E-state index is 0.230. The molecular formula is C22H23FN6O. The molecule has 4 heterocycles. The van der Waals surface area contributed by atoms with Gasteiger partial charge in [0.25, 0.3) is 0 Å². The quantitative estimate of drug-likeness (QED) is 0.558. The summed E-state index contributed by atoms with van der Waals surface area (Å²) in [6.45, 7) is 4.90. The minimum atomic E-state index is -0.230. The Hall–Kier alpha value is -3.42. The summed E-state index contributed by atoms with van der Waals surface area (Å²) in [6.07, 6.45) is 5.43. The fraction of sp³-hybridized carbons (Fsp3) is 0.318. The maximum Gasteiger partial charge on any atom is 0.208 e. The lowest BCUT2D eigenvalue weighted by Crippen LogP contribution is -2.15. The number of aromatic nitrogens is 5. The summed E-state index contributed by atoms with van der Waals surface area (Å²) < 4.78 is 24.0. The van der Waals surface area contributed by atoms with E-state index in [-0.39, 0.29) is 5.82 Å². The molecule has 1 aliphatic rings. The van der Waals surface area contributed by atoms with E-state index in [4.69, 9.17) is 9.72 Å². The van der Waals surface area contributed by atoms with Gasteiger partial charge in [-0.1, -0.05) is 0 Å². The first-order valence-electron chi connectivity index (χ1n) is 10.0. The topological polar surface area (TPSA) is 69.3 Å². The van der Waals surface area contributed by atoms with Gasteiger partial charge in [-0.15, -0.1) is 0 Å². The molecule has 4 aromatic rings. The van der Waals surface area contributed by atoms with Gasteiger partial charge in [0.1, 0.15) is 11.6 Å². The molecular weight excluding hydrogens is 383 g/mol. The molecule has 3 aromatic heterocycles. The van der Waals surface area contributed by atoms with Gasteiger partial charge in [-0.3, -0.25) is 9.08 Å². The van der Waals surface area contributed by atoms with Crippen LogP contribution < -0.4 is 10.1 Å². The third kappa shape index (κ3) is 3.08. The highest BCUT2D eigenvalue weighted by Gasteiger charge is 2.19. The molecule has 0 bridgehead atoms. The average Bonchev–Trinajstić information content (AvgIpc) is 3.28. The molecule has 154 valence electrons. The predicted molar refractivity (Wildman–Crippen MR) is 112 cm³/mol. The maximum atomic E-state index is 14.6. The van der Waals surface area contributed by atoms with Crippen LogP contribution in [0.25, 0.3) is 16.9 Å². The van der Waals surface area contributed by atoms with E-state index in [2.05, 4.69) is 15.4 Å². The molecule has 0 amide bonds. The largest absolute Gasteiger partial charge is 0.493 e. The number of aryl methyl sites for hydroxylation is 3. The molecule has 0 radical (unpaired) electrons. The van der Waals surface area contributed by atoms with E-state index in [1.54, 1.807) is 12.3 Å². The molecule has 0 saturated carbocycles. The first-order chi connectivity index (χ1) is 14.5. The summed E-state index contributed by atoms with van der Waals surface area (Å²) in [5.41, 5.74) is 6.01. The Labute approximate surface area is 173 Å². The molecule has 1 aliphatic heterocycles. The predicted octanol–water partition coefficient (Wildman–Crippen LogP) is 3.82. The summed E-state index contributed by atoms with van der Waals surface area (Å²) in [5, 5.41) is 7.73. The van der Waals surface area contributed by atoms with Crippen molar-refractivity contribution in [3.63, 3.8) is 0 Å². The number of nitrogens with zero attached hydrogens (tertiary/aromatic N) is 5. The van der Waals surface area contributed by atoms with Crippen LogP contribution in [-0.4, -0.2) is 30.8 Å². The van der Waals surface area contributed by atoms with E-state index < -0.39 is 0 Å². The standard InChI is InChI=1S/C22H23FN6O/c1-13-9-19(28(3)27-13)17-11-25-22(29-12-14(2)26-21(17)29)24-10-16-15-5-4-8-30-20(15)7-6-18(16)23/h6-7,9,11-12H,4-5,8,10H2,1-3H3,(H,24,25). The van der Waals surface area contributed by atoms with E-state index in [0.717, 1.165) is 52.4 Å². The smallest absolute Gasteiger partial charge is 0.208 e. The zero-order valence-electron chi connectivity index (χ0n) is 17.2. The zero-order valence-corrected chi connectivity index (χ0v) is 17.2. The number of ether oxygens (including phenoxy) is 1. The van der Waals surface area contributed by atoms with Crippen LogP contribution in [0.4, 0.5) is 10.3 Å². The lowest BCUT2D eigenvalue weighted by molar-refractivity contribution is 0.286. The molecule has 7 nitrogen and oxygen atoms in total. The molecule has 0 unspecified atom stereocenters. The molecule has 30 heavy (non-hydrogen) atoms. The normalized spacial score (nSPS) is 13.3. The van der Waals surface area contributed by atoms with Crippen LogP contribution in [0.3, 0.4) is 0 Å². The van der Waals surface area contributed by atoms with Gasteiger partial charge >= 0.3 is 0 Å². The number of hydrogen-bond donors (Lipinski definition) is 1. The number of nitrogens with one attached hydrogen (secondary N) is 1. The highest BCUT2D eigenvalue weighted by molar-refractivity contribution is 5.76. The first kappa shape index (κ1) is 18.6. The number of halogens is 1. The Morgan fingerprint density at radius 1 is 1.23 bits per heavy atom. The summed E-state index contributed by atoms with van der Waals surface area (Å²) >= 11 is 0. The second kappa shape index (κ2) is 7.12. The fourth-order valence-electron chi connectivity index (χ4n) is 4.11. The van der Waals surface area contributed by atoms with E-state index in [1.807, 2.05) is 42.2 Å². The molecule has 0 saturated heterocycles. The van der Waals surface area contributed by atoms with Gasteiger partial charge in [-0.05, 0) is 44.9 Å². The van der Waals surface area contributed by atoms with Gasteiger partial charge < -0.3 is 10.1 Å². The van der Waals surface area contributed by atoms with Crippen LogP contribution in [0, 0.1) is 19.7 Å². The minimum Gasteiger partial charge on any atom is -0.493 e. The van der Waals surface area contributed by atoms with Crippen molar-refractivity contribution in [1.29, 1.82) is 0 Å². The number of imidazole rings is 1. The van der Waals surface area contributed by atoms with E-state index in [9.17, 15) is 4.39 Å². The lowest BCUT2D eigenvalue weighted by Gasteiger charge is -2.21. The van der Waals surface area contributed by atoms with Gasteiger partial charge in [0, 0.05) is 37.1 Å². The van der Waals surface area contributed by atoms with Crippen molar-refractivity contribution in [1.82, 2.24) is 24.1 Å². The van der Waals surface area contributed by atoms with Gasteiger partial charge in [-0.25, -0.2) is 14.4 Å². The number of anilines is 1. The van der Waals surface area contributed by atoms with Crippen molar-refractivity contribution in [3.05, 3.63) is 58.9 Å². The SMILES string of the molecule is Cc1cn2c(NCc3c(F)ccc4c3CCCO4)ncc(-c3cc(C)nn3C)c2n1. The molecule has 1 aromatic carbocycles. The fourth-order valence-corrected chi connectivity index (χ4v) is 4.11. The summed E-state index contributed by atoms with van der Waals surface area (Å²) in [4.78, 5) is 9.31. The van der Waals surface area contributed by atoms with Crippen molar-refractivity contribution in [3.8, 4) is 17.0 Å². The Morgan fingerprint density at radius 2 is 2.10 bits per heavy atom. The van der Waals surface area contributed by atoms with Crippen molar-refractivity contribution in [2.45, 2.75) is 33.2 Å². The third-order valence-electron chi connectivity index (χ3n) is 5.47. The number of benzene rings is 1. The molecule has 8 heteroatoms. The van der Waals surface area contributed by atoms with Crippen LogP contribution >= 0.6 is 0 Å². The summed E-state index contributed by atoms with van der Waals surface area (Å²) in [5.74, 6) is 1.16. The zero-order chi connectivity index (χ0) is 20.8. The van der Waals surface area contributed by atoms with Gasteiger partial charge in [0.15, 0.2) is 5.65 Å². The van der Waals surface area contributed by atoms with Crippen molar-refractivity contribution in [2.75, 3.05) is 11.9 Å². The molecule has 0 atom stereocenters. The summed E-state index contributed by atoms with van der Waals surface area (Å²) in [6, 6.07) is 5.20. The van der Waals surface area contributed by atoms with E-state index in [0.29, 0.717) is 24.7 Å². The van der Waals surface area contributed by atoms with Crippen molar-refractivity contribution < 1.29 is 9.13 Å². The highest BCUT2D eigenvalue weighted by atomic mass is 19.1.